The molecule has 1 fully saturated rings. The summed E-state index contributed by atoms with van der Waals surface area (Å²) in [6.07, 6.45) is 2.21. The van der Waals surface area contributed by atoms with Crippen molar-refractivity contribution in [3.05, 3.63) is 23.0 Å². The fourth-order valence-electron chi connectivity index (χ4n) is 1.95. The van der Waals surface area contributed by atoms with E-state index < -0.39 is 0 Å². The Kier molecular flexibility index (Phi) is 3.51. The summed E-state index contributed by atoms with van der Waals surface area (Å²) in [6, 6.07) is 3.90. The van der Waals surface area contributed by atoms with Gasteiger partial charge in [-0.15, -0.1) is 5.10 Å². The number of aliphatic hydroxyl groups is 1. The summed E-state index contributed by atoms with van der Waals surface area (Å²) >= 11 is 5.66. The molecular formula is C10H14ClN3O. The minimum Gasteiger partial charge on any atom is -0.395 e. The smallest absolute Gasteiger partial charge is 0.151 e. The molecule has 82 valence electrons. The minimum atomic E-state index is 0.223. The van der Waals surface area contributed by atoms with Crippen LogP contribution in [0.1, 0.15) is 18.5 Å². The molecule has 15 heavy (non-hydrogen) atoms. The Hall–Kier alpha value is -0.710. The van der Waals surface area contributed by atoms with E-state index in [9.17, 15) is 0 Å². The van der Waals surface area contributed by atoms with Crippen molar-refractivity contribution in [1.29, 1.82) is 0 Å². The van der Waals surface area contributed by atoms with Crippen LogP contribution in [0.4, 0.5) is 0 Å². The van der Waals surface area contributed by atoms with Crippen LogP contribution in [0.25, 0.3) is 0 Å². The van der Waals surface area contributed by atoms with E-state index in [1.54, 1.807) is 6.07 Å². The second-order valence-corrected chi connectivity index (χ2v) is 4.18. The molecule has 0 amide bonds. The molecule has 0 unspecified atom stereocenters. The van der Waals surface area contributed by atoms with Crippen molar-refractivity contribution in [2.45, 2.75) is 25.4 Å². The molecule has 0 aromatic carbocycles. The summed E-state index contributed by atoms with van der Waals surface area (Å²) < 4.78 is 0. The van der Waals surface area contributed by atoms with Gasteiger partial charge in [-0.1, -0.05) is 11.6 Å². The third-order valence-electron chi connectivity index (χ3n) is 2.76. The van der Waals surface area contributed by atoms with Crippen molar-refractivity contribution in [2.75, 3.05) is 13.2 Å². The number of rotatable bonds is 3. The van der Waals surface area contributed by atoms with E-state index in [-0.39, 0.29) is 12.6 Å². The molecule has 5 heteroatoms. The molecule has 2 heterocycles. The van der Waals surface area contributed by atoms with E-state index in [4.69, 9.17) is 16.7 Å². The predicted molar refractivity (Wildman–Crippen MR) is 57.6 cm³/mol. The normalized spacial score (nSPS) is 22.1. The zero-order valence-electron chi connectivity index (χ0n) is 8.43. The summed E-state index contributed by atoms with van der Waals surface area (Å²) in [4.78, 5) is 2.23. The van der Waals surface area contributed by atoms with Crippen LogP contribution >= 0.6 is 11.6 Å². The van der Waals surface area contributed by atoms with Gasteiger partial charge in [-0.05, 0) is 31.5 Å². The SMILES string of the molecule is OC[C@H]1CCCN1Cc1ccc(Cl)nn1. The van der Waals surface area contributed by atoms with Gasteiger partial charge in [0.1, 0.15) is 0 Å². The highest BCUT2D eigenvalue weighted by molar-refractivity contribution is 6.29. The van der Waals surface area contributed by atoms with Crippen LogP contribution in [0.15, 0.2) is 12.1 Å². The van der Waals surface area contributed by atoms with Crippen LogP contribution < -0.4 is 0 Å². The van der Waals surface area contributed by atoms with Crippen molar-refractivity contribution in [3.8, 4) is 0 Å². The number of aromatic nitrogens is 2. The molecule has 0 aliphatic carbocycles. The van der Waals surface area contributed by atoms with Gasteiger partial charge in [0.05, 0.1) is 12.3 Å². The Morgan fingerprint density at radius 1 is 1.47 bits per heavy atom. The first kappa shape index (κ1) is 10.8. The number of aliphatic hydroxyl groups excluding tert-OH is 1. The molecule has 1 aliphatic heterocycles. The van der Waals surface area contributed by atoms with Crippen LogP contribution in [0.2, 0.25) is 5.15 Å². The zero-order chi connectivity index (χ0) is 10.7. The number of hydrogen-bond donors (Lipinski definition) is 1. The topological polar surface area (TPSA) is 49.2 Å². The Balaban J connectivity index is 1.99. The first-order chi connectivity index (χ1) is 7.29. The maximum absolute atomic E-state index is 9.16. The summed E-state index contributed by atoms with van der Waals surface area (Å²) in [5.74, 6) is 0. The van der Waals surface area contributed by atoms with Crippen LogP contribution in [0, 0.1) is 0 Å². The van der Waals surface area contributed by atoms with Gasteiger partial charge in [-0.25, -0.2) is 0 Å². The van der Waals surface area contributed by atoms with Crippen molar-refractivity contribution in [3.63, 3.8) is 0 Å². The maximum Gasteiger partial charge on any atom is 0.151 e. The lowest BCUT2D eigenvalue weighted by Gasteiger charge is -2.21. The largest absolute Gasteiger partial charge is 0.395 e. The monoisotopic (exact) mass is 227 g/mol. The van der Waals surface area contributed by atoms with Gasteiger partial charge >= 0.3 is 0 Å². The van der Waals surface area contributed by atoms with Crippen LogP contribution in [0.5, 0.6) is 0 Å². The van der Waals surface area contributed by atoms with E-state index >= 15 is 0 Å². The molecule has 0 bridgehead atoms. The lowest BCUT2D eigenvalue weighted by Crippen LogP contribution is -2.31. The Bertz CT molecular complexity index is 317. The van der Waals surface area contributed by atoms with Crippen LogP contribution in [0.3, 0.4) is 0 Å². The summed E-state index contributed by atoms with van der Waals surface area (Å²) in [6.45, 7) is 1.99. The predicted octanol–water partition coefficient (Wildman–Crippen LogP) is 1.09. The van der Waals surface area contributed by atoms with Gasteiger partial charge in [0.25, 0.3) is 0 Å². The molecule has 0 spiro atoms. The molecule has 1 aliphatic rings. The van der Waals surface area contributed by atoms with Crippen LogP contribution in [-0.2, 0) is 6.54 Å². The standard InChI is InChI=1S/C10H14ClN3O/c11-10-4-3-8(12-13-10)6-14-5-1-2-9(14)7-15/h3-4,9,15H,1-2,5-7H2/t9-/m1/s1. The quantitative estimate of drug-likeness (QED) is 0.840. The van der Waals surface area contributed by atoms with Crippen molar-refractivity contribution in [2.24, 2.45) is 0 Å². The fraction of sp³-hybridized carbons (Fsp3) is 0.600. The molecule has 0 radical (unpaired) electrons. The van der Waals surface area contributed by atoms with Gasteiger partial charge in [-0.2, -0.15) is 5.10 Å². The van der Waals surface area contributed by atoms with E-state index in [0.29, 0.717) is 5.15 Å². The highest BCUT2D eigenvalue weighted by atomic mass is 35.5. The molecule has 4 nitrogen and oxygen atoms in total. The molecule has 1 aromatic rings. The number of likely N-dealkylation sites (tertiary alicyclic amines) is 1. The molecule has 1 aromatic heterocycles. The maximum atomic E-state index is 9.16. The average Bonchev–Trinajstić information content (AvgIpc) is 2.69. The lowest BCUT2D eigenvalue weighted by molar-refractivity contribution is 0.152. The summed E-state index contributed by atoms with van der Waals surface area (Å²) in [7, 11) is 0. The van der Waals surface area contributed by atoms with Gasteiger partial charge in [0, 0.05) is 12.6 Å². The highest BCUT2D eigenvalue weighted by Crippen LogP contribution is 2.18. The van der Waals surface area contributed by atoms with Crippen molar-refractivity contribution in [1.82, 2.24) is 15.1 Å². The Morgan fingerprint density at radius 3 is 3.00 bits per heavy atom. The number of halogens is 1. The van der Waals surface area contributed by atoms with E-state index in [1.165, 1.54) is 0 Å². The van der Waals surface area contributed by atoms with Gasteiger partial charge < -0.3 is 5.11 Å². The zero-order valence-corrected chi connectivity index (χ0v) is 9.19. The Morgan fingerprint density at radius 2 is 2.33 bits per heavy atom. The van der Waals surface area contributed by atoms with E-state index in [1.807, 2.05) is 6.07 Å². The summed E-state index contributed by atoms with van der Waals surface area (Å²) in [5.41, 5.74) is 0.903. The molecule has 1 saturated heterocycles. The molecule has 2 rings (SSSR count). The van der Waals surface area contributed by atoms with Crippen LogP contribution in [-0.4, -0.2) is 39.4 Å². The second-order valence-electron chi connectivity index (χ2n) is 3.80. The second kappa shape index (κ2) is 4.88. The number of nitrogens with zero attached hydrogens (tertiary/aromatic N) is 3. The first-order valence-corrected chi connectivity index (χ1v) is 5.50. The van der Waals surface area contributed by atoms with Gasteiger partial charge in [-0.3, -0.25) is 4.90 Å². The Labute approximate surface area is 93.9 Å². The van der Waals surface area contributed by atoms with E-state index in [2.05, 4.69) is 15.1 Å². The van der Waals surface area contributed by atoms with Crippen molar-refractivity contribution >= 4 is 11.6 Å². The van der Waals surface area contributed by atoms with Gasteiger partial charge in [0.15, 0.2) is 5.15 Å². The van der Waals surface area contributed by atoms with Crippen molar-refractivity contribution < 1.29 is 5.11 Å². The first-order valence-electron chi connectivity index (χ1n) is 5.12. The third-order valence-corrected chi connectivity index (χ3v) is 2.96. The number of hydrogen-bond acceptors (Lipinski definition) is 4. The molecule has 1 atom stereocenters. The average molecular weight is 228 g/mol. The minimum absolute atomic E-state index is 0.223. The fourth-order valence-corrected chi connectivity index (χ4v) is 2.05. The van der Waals surface area contributed by atoms with E-state index in [0.717, 1.165) is 31.6 Å². The highest BCUT2D eigenvalue weighted by Gasteiger charge is 2.23. The van der Waals surface area contributed by atoms with Gasteiger partial charge in [0.2, 0.25) is 0 Å². The third kappa shape index (κ3) is 2.65. The summed E-state index contributed by atoms with van der Waals surface area (Å²) in [5, 5.41) is 17.4. The molecular weight excluding hydrogens is 214 g/mol. The molecule has 1 N–H and O–H groups in total. The lowest BCUT2D eigenvalue weighted by atomic mass is 10.2. The molecule has 0 saturated carbocycles.